The van der Waals surface area contributed by atoms with Crippen molar-refractivity contribution in [3.63, 3.8) is 0 Å². The summed E-state index contributed by atoms with van der Waals surface area (Å²) in [5.74, 6) is 0.733. The van der Waals surface area contributed by atoms with Crippen molar-refractivity contribution in [1.82, 2.24) is 15.6 Å². The smallest absolute Gasteiger partial charge is 0.251 e. The van der Waals surface area contributed by atoms with Crippen molar-refractivity contribution >= 4 is 23.4 Å². The summed E-state index contributed by atoms with van der Waals surface area (Å²) in [5, 5.41) is 5.37. The van der Waals surface area contributed by atoms with Gasteiger partial charge in [-0.1, -0.05) is 6.07 Å². The summed E-state index contributed by atoms with van der Waals surface area (Å²) in [6.45, 7) is 1.61. The largest absolute Gasteiger partial charge is 0.477 e. The standard InChI is InChI=1S/C23H26N4O4/c28-20(24-12-17-5-10-21(25-13-17)31-15-16-3-4-16)14-26-23(30)18-6-8-19(9-7-18)27-11-1-2-22(27)29/h5-10,13,16H,1-4,11-12,14-15H2,(H,24,28)(H,26,30). The molecular formula is C23H26N4O4. The van der Waals surface area contributed by atoms with Gasteiger partial charge in [-0.2, -0.15) is 0 Å². The van der Waals surface area contributed by atoms with E-state index in [0.717, 1.165) is 17.7 Å². The van der Waals surface area contributed by atoms with Gasteiger partial charge in [-0.25, -0.2) is 4.98 Å². The molecule has 3 amide bonds. The van der Waals surface area contributed by atoms with Gasteiger partial charge >= 0.3 is 0 Å². The Balaban J connectivity index is 1.18. The Bertz CT molecular complexity index is 939. The molecule has 0 radical (unpaired) electrons. The lowest BCUT2D eigenvalue weighted by Gasteiger charge is -2.15. The van der Waals surface area contributed by atoms with Crippen LogP contribution in [-0.4, -0.2) is 42.4 Å². The third-order valence-corrected chi connectivity index (χ3v) is 5.38. The molecule has 8 nitrogen and oxygen atoms in total. The molecular weight excluding hydrogens is 396 g/mol. The van der Waals surface area contributed by atoms with E-state index in [1.165, 1.54) is 12.8 Å². The lowest BCUT2D eigenvalue weighted by atomic mass is 10.2. The summed E-state index contributed by atoms with van der Waals surface area (Å²) in [7, 11) is 0. The lowest BCUT2D eigenvalue weighted by Crippen LogP contribution is -2.36. The van der Waals surface area contributed by atoms with E-state index in [-0.39, 0.29) is 24.3 Å². The molecule has 1 aromatic heterocycles. The Morgan fingerprint density at radius 1 is 1.10 bits per heavy atom. The number of aromatic nitrogens is 1. The highest BCUT2D eigenvalue weighted by Crippen LogP contribution is 2.29. The summed E-state index contributed by atoms with van der Waals surface area (Å²) in [5.41, 5.74) is 2.08. The van der Waals surface area contributed by atoms with E-state index in [4.69, 9.17) is 4.74 Å². The molecule has 2 heterocycles. The van der Waals surface area contributed by atoms with E-state index >= 15 is 0 Å². The Hall–Kier alpha value is -3.42. The van der Waals surface area contributed by atoms with Gasteiger partial charge in [0, 0.05) is 43.0 Å². The van der Waals surface area contributed by atoms with Crippen LogP contribution < -0.4 is 20.3 Å². The number of benzene rings is 1. The second-order valence-corrected chi connectivity index (χ2v) is 7.91. The van der Waals surface area contributed by atoms with Gasteiger partial charge in [0.05, 0.1) is 13.2 Å². The van der Waals surface area contributed by atoms with Crippen LogP contribution in [0.3, 0.4) is 0 Å². The quantitative estimate of drug-likeness (QED) is 0.644. The van der Waals surface area contributed by atoms with E-state index < -0.39 is 0 Å². The minimum Gasteiger partial charge on any atom is -0.477 e. The van der Waals surface area contributed by atoms with Gasteiger partial charge in [0.15, 0.2) is 0 Å². The molecule has 2 aromatic rings. The number of hydrogen-bond donors (Lipinski definition) is 2. The maximum absolute atomic E-state index is 12.3. The Labute approximate surface area is 181 Å². The van der Waals surface area contributed by atoms with E-state index in [9.17, 15) is 14.4 Å². The number of nitrogens with zero attached hydrogens (tertiary/aromatic N) is 2. The van der Waals surface area contributed by atoms with Gasteiger partial charge in [-0.05, 0) is 55.0 Å². The van der Waals surface area contributed by atoms with E-state index in [1.807, 2.05) is 6.07 Å². The van der Waals surface area contributed by atoms with Crippen molar-refractivity contribution in [3.8, 4) is 5.88 Å². The fourth-order valence-electron chi connectivity index (χ4n) is 3.33. The number of carbonyl (C=O) groups is 3. The van der Waals surface area contributed by atoms with Crippen LogP contribution in [0.4, 0.5) is 5.69 Å². The Morgan fingerprint density at radius 3 is 2.55 bits per heavy atom. The van der Waals surface area contributed by atoms with Crippen LogP contribution in [0.2, 0.25) is 0 Å². The number of hydrogen-bond acceptors (Lipinski definition) is 5. The van der Waals surface area contributed by atoms with Gasteiger partial charge in [-0.3, -0.25) is 14.4 Å². The highest BCUT2D eigenvalue weighted by Gasteiger charge is 2.22. The minimum atomic E-state index is -0.340. The van der Waals surface area contributed by atoms with Crippen LogP contribution in [0.15, 0.2) is 42.6 Å². The van der Waals surface area contributed by atoms with Crippen molar-refractivity contribution in [1.29, 1.82) is 0 Å². The van der Waals surface area contributed by atoms with Gasteiger partial charge in [0.25, 0.3) is 5.91 Å². The zero-order chi connectivity index (χ0) is 21.6. The average Bonchev–Trinajstić information content (AvgIpc) is 3.54. The monoisotopic (exact) mass is 422 g/mol. The molecule has 2 fully saturated rings. The predicted molar refractivity (Wildman–Crippen MR) is 115 cm³/mol. The van der Waals surface area contributed by atoms with Crippen LogP contribution >= 0.6 is 0 Å². The zero-order valence-corrected chi connectivity index (χ0v) is 17.3. The van der Waals surface area contributed by atoms with Crippen molar-refractivity contribution in [2.45, 2.75) is 32.2 Å². The molecule has 2 aliphatic rings. The third kappa shape index (κ3) is 5.81. The van der Waals surface area contributed by atoms with Crippen molar-refractivity contribution in [2.24, 2.45) is 5.92 Å². The molecule has 1 aliphatic carbocycles. The SMILES string of the molecule is O=C(CNC(=O)c1ccc(N2CCCC2=O)cc1)NCc1ccc(OCC2CC2)nc1. The van der Waals surface area contributed by atoms with Crippen molar-refractivity contribution in [3.05, 3.63) is 53.7 Å². The molecule has 0 bridgehead atoms. The average molecular weight is 422 g/mol. The first-order valence-corrected chi connectivity index (χ1v) is 10.6. The fourth-order valence-corrected chi connectivity index (χ4v) is 3.33. The molecule has 0 unspecified atom stereocenters. The molecule has 162 valence electrons. The summed E-state index contributed by atoms with van der Waals surface area (Å²) >= 11 is 0. The predicted octanol–water partition coefficient (Wildman–Crippen LogP) is 2.04. The molecule has 8 heteroatoms. The normalized spacial score (nSPS) is 15.6. The highest BCUT2D eigenvalue weighted by molar-refractivity contribution is 5.98. The van der Waals surface area contributed by atoms with Crippen LogP contribution in [0.1, 0.15) is 41.6 Å². The molecule has 2 N–H and O–H groups in total. The molecule has 4 rings (SSSR count). The van der Waals surface area contributed by atoms with E-state index in [2.05, 4.69) is 15.6 Å². The first kappa shape index (κ1) is 20.8. The van der Waals surface area contributed by atoms with Gasteiger partial charge in [-0.15, -0.1) is 0 Å². The number of carbonyl (C=O) groups excluding carboxylic acids is 3. The highest BCUT2D eigenvalue weighted by atomic mass is 16.5. The summed E-state index contributed by atoms with van der Waals surface area (Å²) in [6.07, 6.45) is 5.54. The first-order valence-electron chi connectivity index (χ1n) is 10.6. The molecule has 0 spiro atoms. The van der Waals surface area contributed by atoms with Crippen LogP contribution in [0, 0.1) is 5.92 Å². The summed E-state index contributed by atoms with van der Waals surface area (Å²) in [6, 6.07) is 10.5. The van der Waals surface area contributed by atoms with Gasteiger partial charge < -0.3 is 20.3 Å². The number of pyridine rings is 1. The Kier molecular flexibility index (Phi) is 6.45. The lowest BCUT2D eigenvalue weighted by molar-refractivity contribution is -0.120. The Morgan fingerprint density at radius 2 is 1.90 bits per heavy atom. The minimum absolute atomic E-state index is 0.101. The van der Waals surface area contributed by atoms with Crippen LogP contribution in [-0.2, 0) is 16.1 Å². The zero-order valence-electron chi connectivity index (χ0n) is 17.3. The fraction of sp³-hybridized carbons (Fsp3) is 0.391. The van der Waals surface area contributed by atoms with Gasteiger partial charge in [0.2, 0.25) is 17.7 Å². The van der Waals surface area contributed by atoms with Crippen molar-refractivity contribution < 1.29 is 19.1 Å². The molecule has 1 aliphatic heterocycles. The molecule has 0 atom stereocenters. The number of rotatable bonds is 9. The number of anilines is 1. The van der Waals surface area contributed by atoms with Crippen LogP contribution in [0.5, 0.6) is 5.88 Å². The number of amides is 3. The second kappa shape index (κ2) is 9.59. The number of nitrogens with one attached hydrogen (secondary N) is 2. The van der Waals surface area contributed by atoms with Gasteiger partial charge in [0.1, 0.15) is 0 Å². The molecule has 31 heavy (non-hydrogen) atoms. The van der Waals surface area contributed by atoms with Crippen molar-refractivity contribution in [2.75, 3.05) is 24.6 Å². The van der Waals surface area contributed by atoms with Crippen LogP contribution in [0.25, 0.3) is 0 Å². The maximum atomic E-state index is 12.3. The summed E-state index contributed by atoms with van der Waals surface area (Å²) in [4.78, 5) is 42.1. The molecule has 1 saturated heterocycles. The topological polar surface area (TPSA) is 101 Å². The number of ether oxygens (including phenoxy) is 1. The summed E-state index contributed by atoms with van der Waals surface area (Å²) < 4.78 is 5.59. The first-order chi connectivity index (χ1) is 15.1. The maximum Gasteiger partial charge on any atom is 0.251 e. The molecule has 1 aromatic carbocycles. The van der Waals surface area contributed by atoms with E-state index in [1.54, 1.807) is 41.4 Å². The second-order valence-electron chi connectivity index (χ2n) is 7.91. The van der Waals surface area contributed by atoms with E-state index in [0.29, 0.717) is 43.5 Å². The third-order valence-electron chi connectivity index (χ3n) is 5.38. The molecule has 1 saturated carbocycles.